The van der Waals surface area contributed by atoms with Crippen LogP contribution in [-0.4, -0.2) is 32.6 Å². The molecule has 7 nitrogen and oxygen atoms in total. The van der Waals surface area contributed by atoms with Gasteiger partial charge in [-0.05, 0) is 35.7 Å². The summed E-state index contributed by atoms with van der Waals surface area (Å²) in [6.45, 7) is 0. The van der Waals surface area contributed by atoms with E-state index < -0.39 is 0 Å². The standard InChI is InChI=1S/C19H15N5O2S2/c25-17(21-20-12-15-8-4-10-26-15)13-28-19-23-22-18(16-9-5-11-27-16)24(19)14-6-2-1-3-7-14/h1-12H,13H2,(H,21,25)/b20-12+. The molecule has 1 N–H and O–H groups in total. The van der Waals surface area contributed by atoms with Crippen LogP contribution in [0.2, 0.25) is 0 Å². The molecule has 3 aromatic heterocycles. The molecule has 0 fully saturated rings. The zero-order valence-corrected chi connectivity index (χ0v) is 16.2. The average Bonchev–Trinajstić information content (AvgIpc) is 3.48. The number of amides is 1. The lowest BCUT2D eigenvalue weighted by Crippen LogP contribution is -2.19. The Bertz CT molecular complexity index is 1060. The van der Waals surface area contributed by atoms with Crippen LogP contribution in [0.5, 0.6) is 0 Å². The zero-order chi connectivity index (χ0) is 19.2. The molecule has 0 aliphatic rings. The number of hydrogen-bond acceptors (Lipinski definition) is 7. The van der Waals surface area contributed by atoms with Crippen LogP contribution in [0.25, 0.3) is 16.4 Å². The van der Waals surface area contributed by atoms with Crippen molar-refractivity contribution in [3.63, 3.8) is 0 Å². The minimum absolute atomic E-state index is 0.158. The molecule has 3 heterocycles. The number of thiophene rings is 1. The van der Waals surface area contributed by atoms with E-state index >= 15 is 0 Å². The number of furan rings is 1. The fourth-order valence-electron chi connectivity index (χ4n) is 2.43. The number of carbonyl (C=O) groups is 1. The molecule has 0 spiro atoms. The van der Waals surface area contributed by atoms with Gasteiger partial charge in [0.2, 0.25) is 0 Å². The Balaban J connectivity index is 1.49. The minimum atomic E-state index is -0.243. The second-order valence-corrected chi connectivity index (χ2v) is 7.44. The number of aromatic nitrogens is 3. The number of thioether (sulfide) groups is 1. The fourth-order valence-corrected chi connectivity index (χ4v) is 3.88. The van der Waals surface area contributed by atoms with Gasteiger partial charge in [-0.15, -0.1) is 21.5 Å². The Hall–Kier alpha value is -3.17. The summed E-state index contributed by atoms with van der Waals surface area (Å²) in [5, 5.41) is 15.1. The Kier molecular flexibility index (Phi) is 5.64. The van der Waals surface area contributed by atoms with Crippen LogP contribution >= 0.6 is 23.1 Å². The van der Waals surface area contributed by atoms with Gasteiger partial charge in [-0.1, -0.05) is 36.0 Å². The molecule has 0 atom stereocenters. The Morgan fingerprint density at radius 3 is 2.82 bits per heavy atom. The lowest BCUT2D eigenvalue weighted by Gasteiger charge is -2.09. The Morgan fingerprint density at radius 2 is 2.07 bits per heavy atom. The number of hydrazone groups is 1. The van der Waals surface area contributed by atoms with Crippen molar-refractivity contribution in [2.24, 2.45) is 5.10 Å². The van der Waals surface area contributed by atoms with E-state index in [-0.39, 0.29) is 11.7 Å². The van der Waals surface area contributed by atoms with Crippen LogP contribution in [0.3, 0.4) is 0 Å². The first-order valence-electron chi connectivity index (χ1n) is 8.34. The lowest BCUT2D eigenvalue weighted by molar-refractivity contribution is -0.118. The summed E-state index contributed by atoms with van der Waals surface area (Å²) in [4.78, 5) is 13.1. The summed E-state index contributed by atoms with van der Waals surface area (Å²) < 4.78 is 7.08. The minimum Gasteiger partial charge on any atom is -0.463 e. The van der Waals surface area contributed by atoms with E-state index in [1.807, 2.05) is 52.4 Å². The molecular weight excluding hydrogens is 394 g/mol. The van der Waals surface area contributed by atoms with Crippen LogP contribution in [0.4, 0.5) is 0 Å². The van der Waals surface area contributed by atoms with E-state index in [2.05, 4.69) is 20.7 Å². The van der Waals surface area contributed by atoms with Crippen molar-refractivity contribution in [1.29, 1.82) is 0 Å². The fraction of sp³-hybridized carbons (Fsp3) is 0.0526. The molecule has 0 aliphatic heterocycles. The molecule has 9 heteroatoms. The number of para-hydroxylation sites is 1. The highest BCUT2D eigenvalue weighted by atomic mass is 32.2. The predicted molar refractivity (Wildman–Crippen MR) is 110 cm³/mol. The molecule has 1 amide bonds. The summed E-state index contributed by atoms with van der Waals surface area (Å²) in [6, 6.07) is 17.3. The number of benzene rings is 1. The summed E-state index contributed by atoms with van der Waals surface area (Å²) in [7, 11) is 0. The first kappa shape index (κ1) is 18.2. The van der Waals surface area contributed by atoms with Crippen LogP contribution in [-0.2, 0) is 4.79 Å². The third-order valence-electron chi connectivity index (χ3n) is 3.65. The maximum atomic E-state index is 12.1. The molecule has 4 aromatic rings. The maximum Gasteiger partial charge on any atom is 0.250 e. The molecule has 28 heavy (non-hydrogen) atoms. The van der Waals surface area contributed by atoms with Gasteiger partial charge < -0.3 is 4.42 Å². The largest absolute Gasteiger partial charge is 0.463 e. The quantitative estimate of drug-likeness (QED) is 0.285. The van der Waals surface area contributed by atoms with Gasteiger partial charge in [0, 0.05) is 5.69 Å². The highest BCUT2D eigenvalue weighted by Crippen LogP contribution is 2.30. The van der Waals surface area contributed by atoms with Gasteiger partial charge in [0.05, 0.1) is 23.1 Å². The second-order valence-electron chi connectivity index (χ2n) is 5.55. The van der Waals surface area contributed by atoms with Gasteiger partial charge in [0.1, 0.15) is 5.76 Å². The van der Waals surface area contributed by atoms with E-state index in [1.165, 1.54) is 18.0 Å². The summed E-state index contributed by atoms with van der Waals surface area (Å²) in [6.07, 6.45) is 2.99. The number of hydrogen-bond donors (Lipinski definition) is 1. The van der Waals surface area contributed by atoms with Gasteiger partial charge in [-0.2, -0.15) is 5.10 Å². The Labute approximate surface area is 169 Å². The van der Waals surface area contributed by atoms with E-state index in [1.54, 1.807) is 29.7 Å². The molecule has 0 unspecified atom stereocenters. The maximum absolute atomic E-state index is 12.1. The van der Waals surface area contributed by atoms with Crippen molar-refractivity contribution >= 4 is 35.2 Å². The van der Waals surface area contributed by atoms with Crippen LogP contribution in [0, 0.1) is 0 Å². The van der Waals surface area contributed by atoms with E-state index in [0.29, 0.717) is 10.9 Å². The van der Waals surface area contributed by atoms with Crippen molar-refractivity contribution in [2.75, 3.05) is 5.75 Å². The van der Waals surface area contributed by atoms with Crippen molar-refractivity contribution < 1.29 is 9.21 Å². The third kappa shape index (κ3) is 4.21. The molecule has 0 aliphatic carbocycles. The molecule has 0 bridgehead atoms. The molecular formula is C19H15N5O2S2. The molecule has 140 valence electrons. The normalized spacial score (nSPS) is 11.1. The highest BCUT2D eigenvalue weighted by Gasteiger charge is 2.17. The number of nitrogens with one attached hydrogen (secondary N) is 1. The zero-order valence-electron chi connectivity index (χ0n) is 14.6. The summed E-state index contributed by atoms with van der Waals surface area (Å²) in [5.41, 5.74) is 3.42. The van der Waals surface area contributed by atoms with Crippen LogP contribution in [0.1, 0.15) is 5.76 Å². The molecule has 0 saturated heterocycles. The SMILES string of the molecule is O=C(CSc1nnc(-c2cccs2)n1-c1ccccc1)N/N=C/c1ccco1. The number of carbonyl (C=O) groups excluding carboxylic acids is 1. The smallest absolute Gasteiger partial charge is 0.250 e. The Morgan fingerprint density at radius 1 is 1.18 bits per heavy atom. The van der Waals surface area contributed by atoms with Crippen LogP contribution < -0.4 is 5.43 Å². The van der Waals surface area contributed by atoms with Crippen LogP contribution in [0.15, 0.2) is 80.9 Å². The van der Waals surface area contributed by atoms with Crippen molar-refractivity contribution in [3.05, 3.63) is 72.0 Å². The number of rotatable bonds is 7. The van der Waals surface area contributed by atoms with Crippen molar-refractivity contribution in [1.82, 2.24) is 20.2 Å². The van der Waals surface area contributed by atoms with E-state index in [9.17, 15) is 4.79 Å². The first-order chi connectivity index (χ1) is 13.8. The third-order valence-corrected chi connectivity index (χ3v) is 5.44. The van der Waals surface area contributed by atoms with E-state index in [4.69, 9.17) is 4.42 Å². The van der Waals surface area contributed by atoms with Crippen molar-refractivity contribution in [2.45, 2.75) is 5.16 Å². The van der Waals surface area contributed by atoms with Gasteiger partial charge in [-0.25, -0.2) is 5.43 Å². The molecule has 0 radical (unpaired) electrons. The van der Waals surface area contributed by atoms with Gasteiger partial charge >= 0.3 is 0 Å². The topological polar surface area (TPSA) is 85.3 Å². The first-order valence-corrected chi connectivity index (χ1v) is 10.2. The lowest BCUT2D eigenvalue weighted by atomic mass is 10.3. The number of nitrogens with zero attached hydrogens (tertiary/aromatic N) is 4. The van der Waals surface area contributed by atoms with Crippen molar-refractivity contribution in [3.8, 4) is 16.4 Å². The van der Waals surface area contributed by atoms with E-state index in [0.717, 1.165) is 16.4 Å². The molecule has 0 saturated carbocycles. The monoisotopic (exact) mass is 409 g/mol. The average molecular weight is 409 g/mol. The summed E-state index contributed by atoms with van der Waals surface area (Å²) >= 11 is 2.89. The van der Waals surface area contributed by atoms with Gasteiger partial charge in [-0.3, -0.25) is 9.36 Å². The summed E-state index contributed by atoms with van der Waals surface area (Å²) in [5.74, 6) is 1.23. The second kappa shape index (κ2) is 8.68. The molecule has 1 aromatic carbocycles. The van der Waals surface area contributed by atoms with Gasteiger partial charge in [0.15, 0.2) is 11.0 Å². The highest BCUT2D eigenvalue weighted by molar-refractivity contribution is 7.99. The predicted octanol–water partition coefficient (Wildman–Crippen LogP) is 3.83. The van der Waals surface area contributed by atoms with Gasteiger partial charge in [0.25, 0.3) is 5.91 Å². The molecule has 4 rings (SSSR count).